The Bertz CT molecular complexity index is 557. The molecule has 1 aromatic rings. The molecule has 4 nitrogen and oxygen atoms in total. The van der Waals surface area contributed by atoms with Crippen LogP contribution in [0.25, 0.3) is 0 Å². The average Bonchev–Trinajstić information content (AvgIpc) is 3.16. The van der Waals surface area contributed by atoms with Crippen molar-refractivity contribution < 1.29 is 23.5 Å². The van der Waals surface area contributed by atoms with E-state index in [0.29, 0.717) is 6.07 Å². The molecule has 0 heterocycles. The zero-order chi connectivity index (χ0) is 14.9. The first-order valence-corrected chi connectivity index (χ1v) is 6.31. The SMILES string of the molecule is CC(Cc1ccc(F)cc1F)(C(=O)O)C(=O)NC1CC1. The van der Waals surface area contributed by atoms with Gasteiger partial charge in [-0.2, -0.15) is 0 Å². The van der Waals surface area contributed by atoms with Crippen LogP contribution in [0.2, 0.25) is 0 Å². The minimum absolute atomic E-state index is 0.00208. The highest BCUT2D eigenvalue weighted by Crippen LogP contribution is 2.28. The first-order valence-electron chi connectivity index (χ1n) is 6.31. The van der Waals surface area contributed by atoms with Crippen molar-refractivity contribution in [1.82, 2.24) is 5.32 Å². The molecule has 1 atom stereocenters. The van der Waals surface area contributed by atoms with Crippen LogP contribution < -0.4 is 5.32 Å². The number of rotatable bonds is 5. The molecule has 1 aliphatic carbocycles. The second-order valence-electron chi connectivity index (χ2n) is 5.30. The first-order chi connectivity index (χ1) is 9.33. The summed E-state index contributed by atoms with van der Waals surface area (Å²) in [6.07, 6.45) is 1.33. The fourth-order valence-corrected chi connectivity index (χ4v) is 1.87. The number of hydrogen-bond acceptors (Lipinski definition) is 2. The topological polar surface area (TPSA) is 66.4 Å². The molecule has 0 spiro atoms. The highest BCUT2D eigenvalue weighted by Gasteiger charge is 2.43. The van der Waals surface area contributed by atoms with E-state index in [1.807, 2.05) is 0 Å². The number of carboxylic acids is 1. The van der Waals surface area contributed by atoms with Crippen molar-refractivity contribution >= 4 is 11.9 Å². The van der Waals surface area contributed by atoms with Crippen molar-refractivity contribution in [3.63, 3.8) is 0 Å². The van der Waals surface area contributed by atoms with Gasteiger partial charge in [-0.15, -0.1) is 0 Å². The van der Waals surface area contributed by atoms with E-state index in [1.54, 1.807) is 0 Å². The second kappa shape index (κ2) is 5.19. The van der Waals surface area contributed by atoms with Gasteiger partial charge in [0.1, 0.15) is 17.0 Å². The van der Waals surface area contributed by atoms with Crippen LogP contribution in [0, 0.1) is 17.0 Å². The first kappa shape index (κ1) is 14.4. The van der Waals surface area contributed by atoms with Crippen molar-refractivity contribution in [2.24, 2.45) is 5.41 Å². The standard InChI is InChI=1S/C14H15F2NO3/c1-14(13(19)20,12(18)17-10-4-5-10)7-8-2-3-9(15)6-11(8)16/h2-3,6,10H,4-5,7H2,1H3,(H,17,18)(H,19,20). The summed E-state index contributed by atoms with van der Waals surface area (Å²) in [6.45, 7) is 1.25. The monoisotopic (exact) mass is 283 g/mol. The van der Waals surface area contributed by atoms with E-state index < -0.39 is 28.9 Å². The van der Waals surface area contributed by atoms with E-state index in [4.69, 9.17) is 0 Å². The summed E-state index contributed by atoms with van der Waals surface area (Å²) in [4.78, 5) is 23.4. The van der Waals surface area contributed by atoms with Crippen LogP contribution >= 0.6 is 0 Å². The molecule has 1 aromatic carbocycles. The van der Waals surface area contributed by atoms with Crippen LogP contribution in [-0.2, 0) is 16.0 Å². The van der Waals surface area contributed by atoms with Gasteiger partial charge in [-0.1, -0.05) is 6.07 Å². The summed E-state index contributed by atoms with van der Waals surface area (Å²) in [6, 6.07) is 2.89. The normalized spacial score (nSPS) is 17.4. The number of hydrogen-bond donors (Lipinski definition) is 2. The molecule has 1 unspecified atom stereocenters. The zero-order valence-electron chi connectivity index (χ0n) is 11.0. The van der Waals surface area contributed by atoms with E-state index in [0.717, 1.165) is 25.0 Å². The predicted octanol–water partition coefficient (Wildman–Crippen LogP) is 1.88. The van der Waals surface area contributed by atoms with E-state index in [2.05, 4.69) is 5.32 Å². The lowest BCUT2D eigenvalue weighted by Gasteiger charge is -2.24. The minimum atomic E-state index is -1.78. The lowest BCUT2D eigenvalue weighted by atomic mass is 9.82. The molecule has 0 aromatic heterocycles. The van der Waals surface area contributed by atoms with Crippen LogP contribution in [0.15, 0.2) is 18.2 Å². The molecule has 0 saturated heterocycles. The lowest BCUT2D eigenvalue weighted by molar-refractivity contribution is -0.154. The van der Waals surface area contributed by atoms with Crippen LogP contribution in [-0.4, -0.2) is 23.0 Å². The molecule has 2 N–H and O–H groups in total. The van der Waals surface area contributed by atoms with Crippen molar-refractivity contribution in [3.8, 4) is 0 Å². The Balaban J connectivity index is 2.23. The van der Waals surface area contributed by atoms with Gasteiger partial charge in [0.05, 0.1) is 0 Å². The van der Waals surface area contributed by atoms with E-state index >= 15 is 0 Å². The Labute approximate surface area is 114 Å². The van der Waals surface area contributed by atoms with Gasteiger partial charge in [0, 0.05) is 18.5 Å². The smallest absolute Gasteiger partial charge is 0.319 e. The van der Waals surface area contributed by atoms with Gasteiger partial charge in [0.15, 0.2) is 0 Å². The zero-order valence-corrected chi connectivity index (χ0v) is 11.0. The molecule has 1 amide bonds. The molecule has 0 bridgehead atoms. The highest BCUT2D eigenvalue weighted by atomic mass is 19.1. The Morgan fingerprint density at radius 1 is 1.40 bits per heavy atom. The maximum absolute atomic E-state index is 13.6. The molecule has 1 aliphatic rings. The summed E-state index contributed by atoms with van der Waals surface area (Å²) >= 11 is 0. The number of nitrogens with one attached hydrogen (secondary N) is 1. The Morgan fingerprint density at radius 3 is 2.55 bits per heavy atom. The van der Waals surface area contributed by atoms with Gasteiger partial charge in [-0.05, 0) is 31.4 Å². The Kier molecular flexibility index (Phi) is 3.74. The average molecular weight is 283 g/mol. The van der Waals surface area contributed by atoms with Crippen molar-refractivity contribution in [3.05, 3.63) is 35.4 Å². The molecule has 1 fully saturated rings. The third kappa shape index (κ3) is 2.95. The van der Waals surface area contributed by atoms with Gasteiger partial charge in [-0.3, -0.25) is 9.59 Å². The number of benzene rings is 1. The summed E-state index contributed by atoms with van der Waals surface area (Å²) in [5.41, 5.74) is -1.77. The van der Waals surface area contributed by atoms with Crippen molar-refractivity contribution in [2.75, 3.05) is 0 Å². The lowest BCUT2D eigenvalue weighted by Crippen LogP contribution is -2.46. The number of amides is 1. The Hall–Kier alpha value is -1.98. The molecular weight excluding hydrogens is 268 g/mol. The van der Waals surface area contributed by atoms with Gasteiger partial charge >= 0.3 is 5.97 Å². The van der Waals surface area contributed by atoms with Gasteiger partial charge in [0.25, 0.3) is 0 Å². The third-order valence-corrected chi connectivity index (χ3v) is 3.44. The molecular formula is C14H15F2NO3. The quantitative estimate of drug-likeness (QED) is 0.811. The maximum atomic E-state index is 13.6. The van der Waals surface area contributed by atoms with Crippen LogP contribution in [0.4, 0.5) is 8.78 Å². The molecule has 0 aliphatic heterocycles. The highest BCUT2D eigenvalue weighted by molar-refractivity contribution is 6.02. The van der Waals surface area contributed by atoms with Crippen LogP contribution in [0.5, 0.6) is 0 Å². The van der Waals surface area contributed by atoms with Gasteiger partial charge < -0.3 is 10.4 Å². The summed E-state index contributed by atoms with van der Waals surface area (Å²) in [5.74, 6) is -3.57. The van der Waals surface area contributed by atoms with Crippen molar-refractivity contribution in [2.45, 2.75) is 32.2 Å². The predicted molar refractivity (Wildman–Crippen MR) is 67.0 cm³/mol. The fraction of sp³-hybridized carbons (Fsp3) is 0.429. The van der Waals surface area contributed by atoms with E-state index in [1.165, 1.54) is 6.92 Å². The number of carboxylic acid groups (broad SMARTS) is 1. The maximum Gasteiger partial charge on any atom is 0.319 e. The minimum Gasteiger partial charge on any atom is -0.480 e. The molecule has 0 radical (unpaired) electrons. The van der Waals surface area contributed by atoms with Crippen LogP contribution in [0.3, 0.4) is 0 Å². The van der Waals surface area contributed by atoms with Gasteiger partial charge in [0.2, 0.25) is 5.91 Å². The number of carbonyl (C=O) groups is 2. The molecule has 2 rings (SSSR count). The summed E-state index contributed by atoms with van der Waals surface area (Å²) in [5, 5.41) is 11.9. The van der Waals surface area contributed by atoms with Crippen molar-refractivity contribution in [1.29, 1.82) is 0 Å². The molecule has 108 valence electrons. The summed E-state index contributed by atoms with van der Waals surface area (Å²) < 4.78 is 26.5. The van der Waals surface area contributed by atoms with Crippen LogP contribution in [0.1, 0.15) is 25.3 Å². The number of aliphatic carboxylic acids is 1. The molecule has 6 heteroatoms. The van der Waals surface area contributed by atoms with E-state index in [-0.39, 0.29) is 18.0 Å². The number of halogens is 2. The molecule has 20 heavy (non-hydrogen) atoms. The number of carbonyl (C=O) groups excluding carboxylic acids is 1. The largest absolute Gasteiger partial charge is 0.480 e. The third-order valence-electron chi connectivity index (χ3n) is 3.44. The molecule has 1 saturated carbocycles. The fourth-order valence-electron chi connectivity index (χ4n) is 1.87. The van der Waals surface area contributed by atoms with E-state index in [9.17, 15) is 23.5 Å². The Morgan fingerprint density at radius 2 is 2.05 bits per heavy atom. The second-order valence-corrected chi connectivity index (χ2v) is 5.30. The van der Waals surface area contributed by atoms with Gasteiger partial charge in [-0.25, -0.2) is 8.78 Å². The summed E-state index contributed by atoms with van der Waals surface area (Å²) in [7, 11) is 0.